The second kappa shape index (κ2) is 8.53. The van der Waals surface area contributed by atoms with E-state index in [1.807, 2.05) is 18.3 Å². The van der Waals surface area contributed by atoms with Gasteiger partial charge >= 0.3 is 0 Å². The molecule has 1 aliphatic heterocycles. The minimum atomic E-state index is -0.168. The lowest BCUT2D eigenvalue weighted by Crippen LogP contribution is -2.37. The van der Waals surface area contributed by atoms with Crippen molar-refractivity contribution in [2.24, 2.45) is 0 Å². The minimum absolute atomic E-state index is 0.134. The van der Waals surface area contributed by atoms with Crippen LogP contribution in [0, 0.1) is 0 Å². The average Bonchev–Trinajstić information content (AvgIpc) is 3.08. The van der Waals surface area contributed by atoms with Gasteiger partial charge in [0.1, 0.15) is 5.69 Å². The van der Waals surface area contributed by atoms with Crippen LogP contribution in [-0.2, 0) is 6.54 Å². The second-order valence-electron chi connectivity index (χ2n) is 6.14. The summed E-state index contributed by atoms with van der Waals surface area (Å²) in [6, 6.07) is 4.09. The Morgan fingerprint density at radius 3 is 2.96 bits per heavy atom. The van der Waals surface area contributed by atoms with Crippen molar-refractivity contribution >= 4 is 5.91 Å². The summed E-state index contributed by atoms with van der Waals surface area (Å²) in [4.78, 5) is 26.7. The fraction of sp³-hybridized carbons (Fsp3) is 0.444. The zero-order chi connectivity index (χ0) is 17.5. The van der Waals surface area contributed by atoms with Gasteiger partial charge < -0.3 is 10.1 Å². The Bertz CT molecular complexity index is 678. The van der Waals surface area contributed by atoms with Crippen molar-refractivity contribution in [3.63, 3.8) is 0 Å². The summed E-state index contributed by atoms with van der Waals surface area (Å²) in [7, 11) is 0. The summed E-state index contributed by atoms with van der Waals surface area (Å²) in [6.45, 7) is 5.34. The molecule has 0 bridgehead atoms. The smallest absolute Gasteiger partial charge is 0.271 e. The van der Waals surface area contributed by atoms with Gasteiger partial charge in [0.05, 0.1) is 12.8 Å². The molecule has 3 rings (SSSR count). The summed E-state index contributed by atoms with van der Waals surface area (Å²) in [6.07, 6.45) is 8.32. The maximum absolute atomic E-state index is 12.1. The molecule has 1 atom stereocenters. The van der Waals surface area contributed by atoms with Crippen LogP contribution in [0.1, 0.15) is 35.8 Å². The van der Waals surface area contributed by atoms with Gasteiger partial charge in [0.15, 0.2) is 0 Å². The molecule has 0 saturated carbocycles. The SMILES string of the molecule is CCCOc1ccc(CN2CC[C@H](NC(=O)c3cnccn3)C2)cn1. The van der Waals surface area contributed by atoms with Gasteiger partial charge in [-0.1, -0.05) is 13.0 Å². The number of aromatic nitrogens is 3. The average molecular weight is 341 g/mol. The van der Waals surface area contributed by atoms with Crippen LogP contribution in [0.3, 0.4) is 0 Å². The Morgan fingerprint density at radius 1 is 1.32 bits per heavy atom. The number of rotatable bonds is 7. The van der Waals surface area contributed by atoms with Crippen molar-refractivity contribution in [2.75, 3.05) is 19.7 Å². The van der Waals surface area contributed by atoms with Gasteiger partial charge in [-0.2, -0.15) is 0 Å². The molecule has 0 radical (unpaired) electrons. The first-order valence-corrected chi connectivity index (χ1v) is 8.61. The highest BCUT2D eigenvalue weighted by molar-refractivity contribution is 5.92. The first-order valence-electron chi connectivity index (χ1n) is 8.61. The Labute approximate surface area is 147 Å². The van der Waals surface area contributed by atoms with Gasteiger partial charge in [-0.05, 0) is 18.4 Å². The highest BCUT2D eigenvalue weighted by atomic mass is 16.5. The third kappa shape index (κ3) is 4.96. The maximum atomic E-state index is 12.1. The monoisotopic (exact) mass is 341 g/mol. The van der Waals surface area contributed by atoms with Crippen LogP contribution in [-0.4, -0.2) is 51.5 Å². The van der Waals surface area contributed by atoms with Crippen molar-refractivity contribution in [2.45, 2.75) is 32.4 Å². The molecule has 7 nitrogen and oxygen atoms in total. The number of hydrogen-bond acceptors (Lipinski definition) is 6. The molecule has 0 unspecified atom stereocenters. The summed E-state index contributed by atoms with van der Waals surface area (Å²) < 4.78 is 5.50. The summed E-state index contributed by atoms with van der Waals surface area (Å²) in [5, 5.41) is 3.02. The summed E-state index contributed by atoms with van der Waals surface area (Å²) in [5.74, 6) is 0.500. The van der Waals surface area contributed by atoms with Gasteiger partial charge in [0, 0.05) is 50.3 Å². The van der Waals surface area contributed by atoms with Gasteiger partial charge in [-0.15, -0.1) is 0 Å². The number of pyridine rings is 1. The number of carbonyl (C=O) groups excluding carboxylic acids is 1. The van der Waals surface area contributed by atoms with E-state index in [0.717, 1.165) is 38.0 Å². The summed E-state index contributed by atoms with van der Waals surface area (Å²) >= 11 is 0. The zero-order valence-electron chi connectivity index (χ0n) is 14.4. The predicted octanol–water partition coefficient (Wildman–Crippen LogP) is 1.66. The molecular weight excluding hydrogens is 318 g/mol. The van der Waals surface area contributed by atoms with E-state index in [1.165, 1.54) is 12.4 Å². The molecule has 1 amide bonds. The van der Waals surface area contributed by atoms with Crippen LogP contribution in [0.25, 0.3) is 0 Å². The first-order chi connectivity index (χ1) is 12.2. The molecule has 3 heterocycles. The van der Waals surface area contributed by atoms with Gasteiger partial charge in [0.25, 0.3) is 5.91 Å². The molecule has 2 aromatic heterocycles. The number of ether oxygens (including phenoxy) is 1. The van der Waals surface area contributed by atoms with E-state index in [2.05, 4.69) is 32.1 Å². The highest BCUT2D eigenvalue weighted by Gasteiger charge is 2.24. The number of amides is 1. The molecule has 0 aliphatic carbocycles. The molecule has 7 heteroatoms. The number of hydrogen-bond donors (Lipinski definition) is 1. The molecule has 1 saturated heterocycles. The second-order valence-corrected chi connectivity index (χ2v) is 6.14. The number of nitrogens with one attached hydrogen (secondary N) is 1. The van der Waals surface area contributed by atoms with E-state index < -0.39 is 0 Å². The van der Waals surface area contributed by atoms with Gasteiger partial charge in [-0.3, -0.25) is 14.7 Å². The van der Waals surface area contributed by atoms with Crippen LogP contribution in [0.2, 0.25) is 0 Å². The van der Waals surface area contributed by atoms with Crippen molar-refractivity contribution in [3.05, 3.63) is 48.2 Å². The molecular formula is C18H23N5O2. The highest BCUT2D eigenvalue weighted by Crippen LogP contribution is 2.15. The number of nitrogens with zero attached hydrogens (tertiary/aromatic N) is 4. The van der Waals surface area contributed by atoms with Crippen molar-refractivity contribution in [1.29, 1.82) is 0 Å². The van der Waals surface area contributed by atoms with E-state index in [-0.39, 0.29) is 11.9 Å². The Kier molecular flexibility index (Phi) is 5.90. The Balaban J connectivity index is 1.47. The lowest BCUT2D eigenvalue weighted by Gasteiger charge is -2.16. The fourth-order valence-corrected chi connectivity index (χ4v) is 2.82. The molecule has 1 fully saturated rings. The molecule has 2 aromatic rings. The number of carbonyl (C=O) groups is 1. The topological polar surface area (TPSA) is 80.2 Å². The van der Waals surface area contributed by atoms with Gasteiger partial charge in [0.2, 0.25) is 5.88 Å². The largest absolute Gasteiger partial charge is 0.478 e. The predicted molar refractivity (Wildman–Crippen MR) is 93.2 cm³/mol. The van der Waals surface area contributed by atoms with Crippen LogP contribution in [0.15, 0.2) is 36.9 Å². The van der Waals surface area contributed by atoms with Crippen molar-refractivity contribution in [3.8, 4) is 5.88 Å². The van der Waals surface area contributed by atoms with Crippen LogP contribution in [0.4, 0.5) is 0 Å². The Morgan fingerprint density at radius 2 is 2.24 bits per heavy atom. The zero-order valence-corrected chi connectivity index (χ0v) is 14.4. The Hall–Kier alpha value is -2.54. The molecule has 1 N–H and O–H groups in total. The van der Waals surface area contributed by atoms with Crippen LogP contribution < -0.4 is 10.1 Å². The van der Waals surface area contributed by atoms with Crippen LogP contribution in [0.5, 0.6) is 5.88 Å². The molecule has 25 heavy (non-hydrogen) atoms. The van der Waals surface area contributed by atoms with E-state index in [0.29, 0.717) is 18.2 Å². The molecule has 1 aliphatic rings. The fourth-order valence-electron chi connectivity index (χ4n) is 2.82. The summed E-state index contributed by atoms with van der Waals surface area (Å²) in [5.41, 5.74) is 1.50. The first kappa shape index (κ1) is 17.3. The third-order valence-corrected chi connectivity index (χ3v) is 4.06. The minimum Gasteiger partial charge on any atom is -0.478 e. The quantitative estimate of drug-likeness (QED) is 0.825. The lowest BCUT2D eigenvalue weighted by molar-refractivity contribution is 0.0932. The standard InChI is InChI=1S/C18H23N5O2/c1-2-9-25-17-4-3-14(10-21-17)12-23-8-5-15(13-23)22-18(24)16-11-19-6-7-20-16/h3-4,6-7,10-11,15H,2,5,8-9,12-13H2,1H3,(H,22,24)/t15-/m0/s1. The van der Waals surface area contributed by atoms with E-state index in [1.54, 1.807) is 6.20 Å². The van der Waals surface area contributed by atoms with E-state index in [4.69, 9.17) is 4.74 Å². The van der Waals surface area contributed by atoms with Crippen LogP contribution >= 0.6 is 0 Å². The third-order valence-electron chi connectivity index (χ3n) is 4.06. The van der Waals surface area contributed by atoms with Crippen molar-refractivity contribution < 1.29 is 9.53 Å². The molecule has 0 aromatic carbocycles. The normalized spacial score (nSPS) is 17.4. The van der Waals surface area contributed by atoms with Crippen molar-refractivity contribution in [1.82, 2.24) is 25.2 Å². The van der Waals surface area contributed by atoms with Gasteiger partial charge in [-0.25, -0.2) is 9.97 Å². The maximum Gasteiger partial charge on any atom is 0.271 e. The van der Waals surface area contributed by atoms with E-state index in [9.17, 15) is 4.79 Å². The van der Waals surface area contributed by atoms with E-state index >= 15 is 0 Å². The molecule has 132 valence electrons. The molecule has 0 spiro atoms. The lowest BCUT2D eigenvalue weighted by atomic mass is 10.2. The number of likely N-dealkylation sites (tertiary alicyclic amines) is 1.